The third-order valence-electron chi connectivity index (χ3n) is 11.8. The molecule has 1 aliphatic heterocycles. The van der Waals surface area contributed by atoms with Crippen molar-refractivity contribution >= 4 is 5.91 Å². The smallest absolute Gasteiger partial charge is 0.249 e. The van der Waals surface area contributed by atoms with Crippen LogP contribution >= 0.6 is 0 Å². The molecule has 10 nitrogen and oxygen atoms in total. The number of aliphatic hydroxyl groups is 6. The van der Waals surface area contributed by atoms with Crippen molar-refractivity contribution in [1.29, 1.82) is 0 Å². The Bertz CT molecular complexity index is 1010. The maximum absolute atomic E-state index is 13.0. The van der Waals surface area contributed by atoms with Gasteiger partial charge in [0.15, 0.2) is 6.29 Å². The normalized spacial score (nSPS) is 21.5. The summed E-state index contributed by atoms with van der Waals surface area (Å²) >= 11 is 0. The fourth-order valence-electron chi connectivity index (χ4n) is 7.76. The second-order valence-corrected chi connectivity index (χ2v) is 17.9. The topological polar surface area (TPSA) is 169 Å². The summed E-state index contributed by atoms with van der Waals surface area (Å²) in [5, 5.41) is 64.7. The SMILES string of the molecule is CCCCCCCCCCCCCCCCCCC=CCC[C@@H](O)C(=O)N[C@@H](CO[C@@H]1O[C@H](CO)[C@@H](O)[C@H](O)[C@H]1O)[C@H](O)/C=C/CCCCCCCCCCCC(C)C. The lowest BCUT2D eigenvalue weighted by Gasteiger charge is -2.40. The minimum Gasteiger partial charge on any atom is -0.394 e. The van der Waals surface area contributed by atoms with Crippen molar-refractivity contribution in [1.82, 2.24) is 5.32 Å². The van der Waals surface area contributed by atoms with Crippen LogP contribution in [-0.4, -0.2) is 98.7 Å². The number of carbonyl (C=O) groups excluding carboxylic acids is 1. The fourth-order valence-corrected chi connectivity index (χ4v) is 7.76. The lowest BCUT2D eigenvalue weighted by molar-refractivity contribution is -0.302. The average molecular weight is 840 g/mol. The number of carbonyl (C=O) groups is 1. The van der Waals surface area contributed by atoms with E-state index in [1.807, 2.05) is 12.2 Å². The Labute approximate surface area is 361 Å². The molecule has 0 unspecified atom stereocenters. The molecule has 0 spiro atoms. The van der Waals surface area contributed by atoms with Gasteiger partial charge in [0, 0.05) is 0 Å². The first-order valence-corrected chi connectivity index (χ1v) is 24.5. The molecular weight excluding hydrogens is 747 g/mol. The van der Waals surface area contributed by atoms with Crippen LogP contribution in [0.1, 0.15) is 213 Å². The van der Waals surface area contributed by atoms with Gasteiger partial charge in [-0.2, -0.15) is 0 Å². The zero-order chi connectivity index (χ0) is 43.4. The minimum atomic E-state index is -1.61. The number of amides is 1. The molecule has 0 saturated carbocycles. The van der Waals surface area contributed by atoms with Gasteiger partial charge in [0.1, 0.15) is 30.5 Å². The van der Waals surface area contributed by atoms with Crippen LogP contribution < -0.4 is 5.32 Å². The number of allylic oxidation sites excluding steroid dienone is 3. The maximum Gasteiger partial charge on any atom is 0.249 e. The number of aliphatic hydroxyl groups excluding tert-OH is 6. The predicted molar refractivity (Wildman–Crippen MR) is 241 cm³/mol. The molecule has 1 fully saturated rings. The van der Waals surface area contributed by atoms with Gasteiger partial charge in [-0.15, -0.1) is 0 Å². The summed E-state index contributed by atoms with van der Waals surface area (Å²) in [6, 6.07) is -0.994. The van der Waals surface area contributed by atoms with Crippen molar-refractivity contribution in [2.24, 2.45) is 5.92 Å². The summed E-state index contributed by atoms with van der Waals surface area (Å²) in [5.41, 5.74) is 0. The number of ether oxygens (including phenoxy) is 2. The first kappa shape index (κ1) is 55.6. The van der Waals surface area contributed by atoms with Crippen LogP contribution in [0.3, 0.4) is 0 Å². The van der Waals surface area contributed by atoms with E-state index in [-0.39, 0.29) is 13.0 Å². The van der Waals surface area contributed by atoms with Gasteiger partial charge in [0.2, 0.25) is 5.91 Å². The van der Waals surface area contributed by atoms with Gasteiger partial charge in [0.05, 0.1) is 25.4 Å². The van der Waals surface area contributed by atoms with Gasteiger partial charge in [-0.3, -0.25) is 4.79 Å². The molecule has 10 heteroatoms. The van der Waals surface area contributed by atoms with E-state index < -0.39 is 61.5 Å². The van der Waals surface area contributed by atoms with Gasteiger partial charge in [-0.1, -0.05) is 199 Å². The van der Waals surface area contributed by atoms with Crippen molar-refractivity contribution < 1.29 is 44.9 Å². The molecular formula is C49H93NO9. The Morgan fingerprint density at radius 2 is 1.07 bits per heavy atom. The van der Waals surface area contributed by atoms with E-state index in [1.54, 1.807) is 6.08 Å². The summed E-state index contributed by atoms with van der Waals surface area (Å²) in [6.45, 7) is 5.91. The average Bonchev–Trinajstić information content (AvgIpc) is 3.22. The Kier molecular flexibility index (Phi) is 36.1. The second kappa shape index (κ2) is 38.3. The first-order chi connectivity index (χ1) is 28.6. The summed E-state index contributed by atoms with van der Waals surface area (Å²) in [5.74, 6) is 0.143. The van der Waals surface area contributed by atoms with Crippen LogP contribution in [0.4, 0.5) is 0 Å². The third-order valence-corrected chi connectivity index (χ3v) is 11.8. The van der Waals surface area contributed by atoms with Crippen LogP contribution in [0, 0.1) is 5.92 Å². The number of nitrogens with one attached hydrogen (secondary N) is 1. The van der Waals surface area contributed by atoms with Gasteiger partial charge in [-0.25, -0.2) is 0 Å². The van der Waals surface area contributed by atoms with Gasteiger partial charge < -0.3 is 45.4 Å². The van der Waals surface area contributed by atoms with Gasteiger partial charge in [0.25, 0.3) is 0 Å². The molecule has 0 aliphatic carbocycles. The van der Waals surface area contributed by atoms with Gasteiger partial charge >= 0.3 is 0 Å². The van der Waals surface area contributed by atoms with E-state index in [9.17, 15) is 35.4 Å². The lowest BCUT2D eigenvalue weighted by Crippen LogP contribution is -2.60. The minimum absolute atomic E-state index is 0.228. The van der Waals surface area contributed by atoms with E-state index in [1.165, 1.54) is 148 Å². The first-order valence-electron chi connectivity index (χ1n) is 24.5. The Morgan fingerprint density at radius 3 is 1.56 bits per heavy atom. The molecule has 7 N–H and O–H groups in total. The van der Waals surface area contributed by atoms with Crippen LogP contribution in [-0.2, 0) is 14.3 Å². The summed E-state index contributed by atoms with van der Waals surface area (Å²) in [7, 11) is 0. The molecule has 1 heterocycles. The molecule has 1 aliphatic rings. The fraction of sp³-hybridized carbons (Fsp3) is 0.898. The van der Waals surface area contributed by atoms with E-state index in [2.05, 4.69) is 32.2 Å². The number of hydrogen-bond acceptors (Lipinski definition) is 9. The van der Waals surface area contributed by atoms with Crippen molar-refractivity contribution in [3.63, 3.8) is 0 Å². The highest BCUT2D eigenvalue weighted by Gasteiger charge is 2.44. The molecule has 0 radical (unpaired) electrons. The molecule has 8 atom stereocenters. The van der Waals surface area contributed by atoms with Crippen molar-refractivity contribution in [2.45, 2.75) is 262 Å². The lowest BCUT2D eigenvalue weighted by atomic mass is 9.99. The van der Waals surface area contributed by atoms with Crippen LogP contribution in [0.15, 0.2) is 24.3 Å². The van der Waals surface area contributed by atoms with Crippen LogP contribution in [0.25, 0.3) is 0 Å². The highest BCUT2D eigenvalue weighted by molar-refractivity contribution is 5.80. The molecule has 59 heavy (non-hydrogen) atoms. The molecule has 1 rings (SSSR count). The number of unbranched alkanes of at least 4 members (excludes halogenated alkanes) is 25. The summed E-state index contributed by atoms with van der Waals surface area (Å²) in [4.78, 5) is 13.0. The molecule has 348 valence electrons. The second-order valence-electron chi connectivity index (χ2n) is 17.9. The van der Waals surface area contributed by atoms with E-state index in [0.717, 1.165) is 38.0 Å². The molecule has 0 aromatic carbocycles. The third kappa shape index (κ3) is 29.5. The largest absolute Gasteiger partial charge is 0.394 e. The Balaban J connectivity index is 2.38. The zero-order valence-electron chi connectivity index (χ0n) is 38.0. The standard InChI is InChI=1S/C49H93NO9/c1-4-5-6-7-8-9-10-11-12-13-14-15-16-17-18-21-25-28-31-34-37-43(53)48(57)50-41(39-58-49-47(56)46(55)45(54)44(38-51)59-49)42(52)36-33-30-27-24-22-19-20-23-26-29-32-35-40(2)3/h28,31,33,36,40-47,49,51-56H,4-27,29-30,32,34-35,37-39H2,1-3H3,(H,50,57)/b31-28?,36-33+/t41-,42+,43+,44+,45+,46-,47+,49+/m0/s1. The quantitative estimate of drug-likeness (QED) is 0.0235. The molecule has 0 aromatic heterocycles. The zero-order valence-corrected chi connectivity index (χ0v) is 38.0. The summed E-state index contributed by atoms with van der Waals surface area (Å²) in [6.07, 6.45) is 34.3. The monoisotopic (exact) mass is 840 g/mol. The molecule has 1 amide bonds. The Hall–Kier alpha value is -1.37. The Morgan fingerprint density at radius 1 is 0.610 bits per heavy atom. The number of hydrogen-bond donors (Lipinski definition) is 7. The van der Waals surface area contributed by atoms with Crippen molar-refractivity contribution in [2.75, 3.05) is 13.2 Å². The maximum atomic E-state index is 13.0. The summed E-state index contributed by atoms with van der Waals surface area (Å²) < 4.78 is 11.1. The van der Waals surface area contributed by atoms with E-state index in [0.29, 0.717) is 6.42 Å². The molecule has 0 bridgehead atoms. The van der Waals surface area contributed by atoms with E-state index in [4.69, 9.17) is 9.47 Å². The molecule has 0 aromatic rings. The van der Waals surface area contributed by atoms with Crippen molar-refractivity contribution in [3.8, 4) is 0 Å². The predicted octanol–water partition coefficient (Wildman–Crippen LogP) is 9.50. The number of rotatable bonds is 40. The van der Waals surface area contributed by atoms with Crippen LogP contribution in [0.5, 0.6) is 0 Å². The van der Waals surface area contributed by atoms with Crippen LogP contribution in [0.2, 0.25) is 0 Å². The van der Waals surface area contributed by atoms with Gasteiger partial charge in [-0.05, 0) is 44.4 Å². The van der Waals surface area contributed by atoms with E-state index >= 15 is 0 Å². The van der Waals surface area contributed by atoms with Crippen molar-refractivity contribution in [3.05, 3.63) is 24.3 Å². The highest BCUT2D eigenvalue weighted by atomic mass is 16.7. The molecule has 1 saturated heterocycles. The highest BCUT2D eigenvalue weighted by Crippen LogP contribution is 2.23.